The van der Waals surface area contributed by atoms with E-state index in [2.05, 4.69) is 14.7 Å². The third kappa shape index (κ3) is 4.15. The molecule has 1 aliphatic rings. The van der Waals surface area contributed by atoms with Crippen LogP contribution >= 0.6 is 0 Å². The molecule has 0 spiro atoms. The Kier molecular flexibility index (Phi) is 6.22. The van der Waals surface area contributed by atoms with Gasteiger partial charge in [0.05, 0.1) is 23.3 Å². The van der Waals surface area contributed by atoms with Gasteiger partial charge in [-0.3, -0.25) is 14.5 Å². The predicted octanol–water partition coefficient (Wildman–Crippen LogP) is 1.66. The van der Waals surface area contributed by atoms with Gasteiger partial charge in [-0.05, 0) is 45.4 Å². The molecule has 0 bridgehead atoms. The number of carbonyl (C=O) groups is 3. The number of sulfonamides is 1. The second-order valence-corrected chi connectivity index (χ2v) is 8.97. The summed E-state index contributed by atoms with van der Waals surface area (Å²) in [6.07, 6.45) is -1.17. The number of Topliss-reactive ketones (excluding diaryl/α,β-unsaturated/α-hetero) is 1. The second-order valence-electron chi connectivity index (χ2n) is 7.32. The fourth-order valence-electron chi connectivity index (χ4n) is 3.41. The minimum absolute atomic E-state index is 0.0302. The number of methoxy groups -OCH3 is 1. The number of rotatable bonds is 6. The Morgan fingerprint density at radius 1 is 1.09 bits per heavy atom. The molecule has 11 heteroatoms. The van der Waals surface area contributed by atoms with Crippen LogP contribution in [0.15, 0.2) is 34.2 Å². The number of aromatic amines is 1. The number of ketones is 1. The van der Waals surface area contributed by atoms with Crippen LogP contribution in [0.4, 0.5) is 0 Å². The van der Waals surface area contributed by atoms with Crippen molar-refractivity contribution in [1.82, 2.24) is 9.71 Å². The lowest BCUT2D eigenvalue weighted by Crippen LogP contribution is -2.31. The standard InChI is InChI=1S/C21H23N3O7S/c1-10-16(21(27)30-5)11(2)22-17(10)18(25)13(4)31-20(26)12(3)23-19-14-8-6-7-9-15(14)32(28,29)24-19/h6-9,12-13,22H,1-5H3,(H,23,24)/t12-,13?/m0/s1. The number of carbonyl (C=O) groups excluding carboxylic acids is 3. The fraction of sp³-hybridized carbons (Fsp3) is 0.333. The van der Waals surface area contributed by atoms with Crippen molar-refractivity contribution in [3.63, 3.8) is 0 Å². The van der Waals surface area contributed by atoms with E-state index >= 15 is 0 Å². The summed E-state index contributed by atoms with van der Waals surface area (Å²) < 4.78 is 36.7. The average molecular weight is 461 g/mol. The molecule has 1 aromatic heterocycles. The van der Waals surface area contributed by atoms with E-state index in [-0.39, 0.29) is 22.0 Å². The zero-order valence-corrected chi connectivity index (χ0v) is 19.0. The van der Waals surface area contributed by atoms with Crippen molar-refractivity contribution in [2.75, 3.05) is 7.11 Å². The number of nitrogens with zero attached hydrogens (tertiary/aromatic N) is 1. The summed E-state index contributed by atoms with van der Waals surface area (Å²) in [6.45, 7) is 6.06. The van der Waals surface area contributed by atoms with Gasteiger partial charge in [0, 0.05) is 11.3 Å². The number of aromatic nitrogens is 1. The van der Waals surface area contributed by atoms with Crippen molar-refractivity contribution in [2.45, 2.75) is 44.7 Å². The molecular weight excluding hydrogens is 438 g/mol. The van der Waals surface area contributed by atoms with Crippen molar-refractivity contribution in [2.24, 2.45) is 4.99 Å². The summed E-state index contributed by atoms with van der Waals surface area (Å²) in [6, 6.07) is 5.18. The van der Waals surface area contributed by atoms with E-state index in [9.17, 15) is 22.8 Å². The number of aryl methyl sites for hydroxylation is 1. The fourth-order valence-corrected chi connectivity index (χ4v) is 4.65. The van der Waals surface area contributed by atoms with Gasteiger partial charge in [0.2, 0.25) is 5.78 Å². The number of hydrogen-bond donors (Lipinski definition) is 2. The first-order valence-electron chi connectivity index (χ1n) is 9.70. The number of fused-ring (bicyclic) bond motifs is 1. The van der Waals surface area contributed by atoms with Crippen molar-refractivity contribution in [3.05, 3.63) is 52.3 Å². The summed E-state index contributed by atoms with van der Waals surface area (Å²) in [5.74, 6) is -1.89. The van der Waals surface area contributed by atoms with E-state index in [0.717, 1.165) is 0 Å². The van der Waals surface area contributed by atoms with Crippen LogP contribution in [-0.4, -0.2) is 56.2 Å². The van der Waals surface area contributed by atoms with Gasteiger partial charge in [0.25, 0.3) is 10.0 Å². The minimum atomic E-state index is -3.74. The maximum atomic E-state index is 12.8. The third-order valence-corrected chi connectivity index (χ3v) is 6.46. The quantitative estimate of drug-likeness (QED) is 0.492. The van der Waals surface area contributed by atoms with E-state index in [1.165, 1.54) is 27.0 Å². The molecule has 2 heterocycles. The van der Waals surface area contributed by atoms with Gasteiger partial charge in [-0.15, -0.1) is 0 Å². The van der Waals surface area contributed by atoms with E-state index < -0.39 is 39.9 Å². The first-order chi connectivity index (χ1) is 15.0. The topological polar surface area (TPSA) is 144 Å². The highest BCUT2D eigenvalue weighted by atomic mass is 32.2. The lowest BCUT2D eigenvalue weighted by atomic mass is 10.1. The van der Waals surface area contributed by atoms with Crippen LogP contribution in [0.5, 0.6) is 0 Å². The number of hydrogen-bond acceptors (Lipinski definition) is 8. The highest BCUT2D eigenvalue weighted by molar-refractivity contribution is 7.90. The lowest BCUT2D eigenvalue weighted by Gasteiger charge is -2.14. The highest BCUT2D eigenvalue weighted by Crippen LogP contribution is 2.23. The predicted molar refractivity (Wildman–Crippen MR) is 114 cm³/mol. The number of esters is 2. The molecule has 0 radical (unpaired) electrons. The summed E-state index contributed by atoms with van der Waals surface area (Å²) in [5.41, 5.74) is 1.60. The molecule has 0 amide bonds. The largest absolute Gasteiger partial charge is 0.465 e. The van der Waals surface area contributed by atoms with Gasteiger partial charge in [0.15, 0.2) is 6.10 Å². The van der Waals surface area contributed by atoms with E-state index in [1.54, 1.807) is 32.0 Å². The average Bonchev–Trinajstić information content (AvgIpc) is 3.19. The van der Waals surface area contributed by atoms with Gasteiger partial charge in [-0.25, -0.2) is 18.0 Å². The lowest BCUT2D eigenvalue weighted by molar-refractivity contribution is -0.147. The number of amidine groups is 1. The first-order valence-corrected chi connectivity index (χ1v) is 11.2. The minimum Gasteiger partial charge on any atom is -0.465 e. The molecule has 2 N–H and O–H groups in total. The number of H-pyrrole nitrogens is 1. The van der Waals surface area contributed by atoms with Crippen LogP contribution in [0.3, 0.4) is 0 Å². The molecule has 32 heavy (non-hydrogen) atoms. The van der Waals surface area contributed by atoms with Crippen LogP contribution in [0.2, 0.25) is 0 Å². The van der Waals surface area contributed by atoms with Crippen molar-refractivity contribution < 1.29 is 32.3 Å². The summed E-state index contributed by atoms with van der Waals surface area (Å²) in [5, 5.41) is 0. The van der Waals surface area contributed by atoms with Gasteiger partial charge in [0.1, 0.15) is 11.9 Å². The molecule has 10 nitrogen and oxygen atoms in total. The van der Waals surface area contributed by atoms with E-state index in [0.29, 0.717) is 16.8 Å². The van der Waals surface area contributed by atoms with Gasteiger partial charge < -0.3 is 14.5 Å². The SMILES string of the molecule is COC(=O)c1c(C)[nH]c(C(=O)C(C)OC(=O)[C@H](C)N=C2NS(=O)(=O)c3ccccc32)c1C. The maximum absolute atomic E-state index is 12.8. The van der Waals surface area contributed by atoms with Crippen molar-refractivity contribution in [3.8, 4) is 0 Å². The smallest absolute Gasteiger partial charge is 0.339 e. The Bertz CT molecular complexity index is 1240. The van der Waals surface area contributed by atoms with E-state index in [1.807, 2.05) is 0 Å². The normalized spacial score (nSPS) is 17.2. The molecule has 0 saturated carbocycles. The number of nitrogens with one attached hydrogen (secondary N) is 2. The van der Waals surface area contributed by atoms with Crippen LogP contribution in [-0.2, 0) is 24.3 Å². The first kappa shape index (κ1) is 23.2. The molecule has 1 aromatic carbocycles. The monoisotopic (exact) mass is 461 g/mol. The molecule has 0 saturated heterocycles. The van der Waals surface area contributed by atoms with Crippen LogP contribution in [0, 0.1) is 13.8 Å². The van der Waals surface area contributed by atoms with Crippen LogP contribution in [0.1, 0.15) is 51.5 Å². The maximum Gasteiger partial charge on any atom is 0.339 e. The van der Waals surface area contributed by atoms with Crippen molar-refractivity contribution >= 4 is 33.6 Å². The highest BCUT2D eigenvalue weighted by Gasteiger charge is 2.32. The molecule has 0 fully saturated rings. The van der Waals surface area contributed by atoms with Crippen LogP contribution < -0.4 is 4.72 Å². The Morgan fingerprint density at radius 3 is 2.41 bits per heavy atom. The zero-order chi connectivity index (χ0) is 23.8. The third-order valence-electron chi connectivity index (χ3n) is 5.06. The summed E-state index contributed by atoms with van der Waals surface area (Å²) in [7, 11) is -2.50. The molecule has 1 aliphatic heterocycles. The molecule has 3 rings (SSSR count). The molecule has 1 unspecified atom stereocenters. The second kappa shape index (κ2) is 8.58. The van der Waals surface area contributed by atoms with Gasteiger partial charge in [-0.2, -0.15) is 0 Å². The molecule has 170 valence electrons. The molecule has 2 atom stereocenters. The van der Waals surface area contributed by atoms with Crippen molar-refractivity contribution in [1.29, 1.82) is 0 Å². The number of benzene rings is 1. The van der Waals surface area contributed by atoms with Gasteiger partial charge in [-0.1, -0.05) is 12.1 Å². The van der Waals surface area contributed by atoms with Gasteiger partial charge >= 0.3 is 11.9 Å². The Morgan fingerprint density at radius 2 is 1.75 bits per heavy atom. The molecular formula is C21H23N3O7S. The Balaban J connectivity index is 1.76. The Labute approximate surface area is 185 Å². The molecule has 2 aromatic rings. The molecule has 0 aliphatic carbocycles. The summed E-state index contributed by atoms with van der Waals surface area (Å²) >= 11 is 0. The van der Waals surface area contributed by atoms with Crippen LogP contribution in [0.25, 0.3) is 0 Å². The number of aliphatic imine (C=N–C) groups is 1. The zero-order valence-electron chi connectivity index (χ0n) is 18.2. The van der Waals surface area contributed by atoms with E-state index in [4.69, 9.17) is 9.47 Å². The number of ether oxygens (including phenoxy) is 2. The summed E-state index contributed by atoms with van der Waals surface area (Å²) in [4.78, 5) is 44.3. The Hall–Kier alpha value is -3.47.